The van der Waals surface area contributed by atoms with Crippen LogP contribution in [0.1, 0.15) is 24.8 Å². The first-order valence-corrected chi connectivity index (χ1v) is 6.28. The summed E-state index contributed by atoms with van der Waals surface area (Å²) in [5.41, 5.74) is 0. The van der Waals surface area contributed by atoms with Gasteiger partial charge in [-0.05, 0) is 6.92 Å². The van der Waals surface area contributed by atoms with Gasteiger partial charge in [0.2, 0.25) is 0 Å². The maximum atomic E-state index is 11.2. The number of nitrogens with zero attached hydrogens (tertiary/aromatic N) is 2. The number of hydrogen-bond acceptors (Lipinski definition) is 4. The first-order chi connectivity index (χ1) is 7.25. The van der Waals surface area contributed by atoms with Crippen LogP contribution in [0, 0.1) is 0 Å². The third kappa shape index (κ3) is 2.86. The molecule has 0 saturated carbocycles. The topological polar surface area (TPSA) is 33.2 Å². The van der Waals surface area contributed by atoms with Gasteiger partial charge in [0.1, 0.15) is 5.78 Å². The molecule has 2 heterocycles. The zero-order valence-electron chi connectivity index (χ0n) is 8.98. The van der Waals surface area contributed by atoms with Crippen molar-refractivity contribution in [2.24, 2.45) is 0 Å². The second kappa shape index (κ2) is 4.86. The van der Waals surface area contributed by atoms with E-state index in [2.05, 4.69) is 16.8 Å². The number of hydrogen-bond donors (Lipinski definition) is 0. The molecule has 1 atom stereocenters. The van der Waals surface area contributed by atoms with E-state index in [0.29, 0.717) is 11.8 Å². The van der Waals surface area contributed by atoms with Crippen LogP contribution in [0.5, 0.6) is 0 Å². The molecular weight excluding hydrogens is 208 g/mol. The second-order valence-electron chi connectivity index (χ2n) is 4.05. The predicted molar refractivity (Wildman–Crippen MR) is 61.1 cm³/mol. The lowest BCUT2D eigenvalue weighted by atomic mass is 10.0. The number of rotatable bonds is 3. The smallest absolute Gasteiger partial charge is 0.135 e. The van der Waals surface area contributed by atoms with Gasteiger partial charge in [-0.15, -0.1) is 11.3 Å². The van der Waals surface area contributed by atoms with Crippen molar-refractivity contribution in [1.82, 2.24) is 9.88 Å². The van der Waals surface area contributed by atoms with Crippen LogP contribution in [0.25, 0.3) is 0 Å². The van der Waals surface area contributed by atoms with Gasteiger partial charge in [0.05, 0.1) is 5.01 Å². The van der Waals surface area contributed by atoms with Crippen molar-refractivity contribution in [3.05, 3.63) is 16.6 Å². The molecule has 1 aromatic rings. The zero-order chi connectivity index (χ0) is 10.7. The van der Waals surface area contributed by atoms with Gasteiger partial charge < -0.3 is 0 Å². The summed E-state index contributed by atoms with van der Waals surface area (Å²) < 4.78 is 0. The minimum absolute atomic E-state index is 0.409. The molecule has 1 fully saturated rings. The van der Waals surface area contributed by atoms with Gasteiger partial charge in [0.25, 0.3) is 0 Å². The highest BCUT2D eigenvalue weighted by Gasteiger charge is 2.22. The fourth-order valence-electron chi connectivity index (χ4n) is 2.00. The molecule has 0 spiro atoms. The van der Waals surface area contributed by atoms with Crippen LogP contribution in [-0.2, 0) is 11.2 Å². The summed E-state index contributed by atoms with van der Waals surface area (Å²) in [6.45, 7) is 4.09. The average Bonchev–Trinajstić information content (AvgIpc) is 2.69. The second-order valence-corrected chi connectivity index (χ2v) is 5.03. The molecule has 3 nitrogen and oxygen atoms in total. The van der Waals surface area contributed by atoms with Gasteiger partial charge in [-0.25, -0.2) is 4.98 Å². The van der Waals surface area contributed by atoms with Gasteiger partial charge in [0, 0.05) is 50.0 Å². The maximum Gasteiger partial charge on any atom is 0.135 e. The maximum absolute atomic E-state index is 11.2. The Morgan fingerprint density at radius 2 is 2.53 bits per heavy atom. The van der Waals surface area contributed by atoms with Crippen molar-refractivity contribution in [2.75, 3.05) is 13.1 Å². The van der Waals surface area contributed by atoms with Crippen molar-refractivity contribution in [3.8, 4) is 0 Å². The number of aromatic nitrogens is 1. The molecule has 1 aliphatic rings. The Bertz CT molecular complexity index is 323. The summed E-state index contributed by atoms with van der Waals surface area (Å²) in [5, 5.41) is 3.21. The lowest BCUT2D eigenvalue weighted by Gasteiger charge is -2.32. The van der Waals surface area contributed by atoms with Crippen LogP contribution in [-0.4, -0.2) is 34.8 Å². The Labute approximate surface area is 94.1 Å². The SMILES string of the molecule is CC1CC(=O)CCN1CCc1nccs1. The molecule has 1 saturated heterocycles. The third-order valence-electron chi connectivity index (χ3n) is 2.92. The largest absolute Gasteiger partial charge is 0.300 e. The normalized spacial score (nSPS) is 23.3. The van der Waals surface area contributed by atoms with Crippen molar-refractivity contribution < 1.29 is 4.79 Å². The molecule has 1 aromatic heterocycles. The fraction of sp³-hybridized carbons (Fsp3) is 0.636. The summed E-state index contributed by atoms with van der Waals surface area (Å²) in [6.07, 6.45) is 4.30. The predicted octanol–water partition coefficient (Wildman–Crippen LogP) is 1.74. The molecule has 2 rings (SSSR count). The molecule has 0 aliphatic carbocycles. The quantitative estimate of drug-likeness (QED) is 0.784. The Kier molecular flexibility index (Phi) is 3.49. The molecular formula is C11H16N2OS. The van der Waals surface area contributed by atoms with E-state index in [0.717, 1.165) is 32.4 Å². The number of piperidine rings is 1. The molecule has 0 amide bonds. The van der Waals surface area contributed by atoms with Crippen molar-refractivity contribution in [3.63, 3.8) is 0 Å². The molecule has 0 bridgehead atoms. The minimum Gasteiger partial charge on any atom is -0.300 e. The van der Waals surface area contributed by atoms with Gasteiger partial charge in [-0.3, -0.25) is 9.69 Å². The van der Waals surface area contributed by atoms with Crippen LogP contribution < -0.4 is 0 Å². The van der Waals surface area contributed by atoms with Crippen LogP contribution >= 0.6 is 11.3 Å². The number of ketones is 1. The van der Waals surface area contributed by atoms with Crippen LogP contribution in [0.15, 0.2) is 11.6 Å². The highest BCUT2D eigenvalue weighted by Crippen LogP contribution is 2.15. The summed E-state index contributed by atoms with van der Waals surface area (Å²) in [6, 6.07) is 0.409. The van der Waals surface area contributed by atoms with E-state index >= 15 is 0 Å². The molecule has 82 valence electrons. The van der Waals surface area contributed by atoms with E-state index in [1.807, 2.05) is 11.6 Å². The van der Waals surface area contributed by atoms with Gasteiger partial charge in [-0.2, -0.15) is 0 Å². The zero-order valence-corrected chi connectivity index (χ0v) is 9.80. The Hall–Kier alpha value is -0.740. The van der Waals surface area contributed by atoms with Gasteiger partial charge >= 0.3 is 0 Å². The summed E-state index contributed by atoms with van der Waals surface area (Å²) in [5.74, 6) is 0.410. The van der Waals surface area contributed by atoms with Gasteiger partial charge in [0.15, 0.2) is 0 Å². The van der Waals surface area contributed by atoms with E-state index in [-0.39, 0.29) is 0 Å². The monoisotopic (exact) mass is 224 g/mol. The molecule has 1 aliphatic heterocycles. The average molecular weight is 224 g/mol. The van der Waals surface area contributed by atoms with E-state index in [9.17, 15) is 4.79 Å². The first kappa shape index (κ1) is 10.8. The van der Waals surface area contributed by atoms with Crippen LogP contribution in [0.4, 0.5) is 0 Å². The van der Waals surface area contributed by atoms with E-state index < -0.39 is 0 Å². The van der Waals surface area contributed by atoms with E-state index in [4.69, 9.17) is 0 Å². The highest BCUT2D eigenvalue weighted by atomic mass is 32.1. The van der Waals surface area contributed by atoms with Crippen LogP contribution in [0.2, 0.25) is 0 Å². The van der Waals surface area contributed by atoms with Crippen LogP contribution in [0.3, 0.4) is 0 Å². The summed E-state index contributed by atoms with van der Waals surface area (Å²) in [4.78, 5) is 17.9. The standard InChI is InChI=1S/C11H16N2OS/c1-9-8-10(14)2-5-13(9)6-3-11-12-4-7-15-11/h4,7,9H,2-3,5-6,8H2,1H3. The van der Waals surface area contributed by atoms with Crippen molar-refractivity contribution in [2.45, 2.75) is 32.2 Å². The number of thiazole rings is 1. The highest BCUT2D eigenvalue weighted by molar-refractivity contribution is 7.09. The molecule has 15 heavy (non-hydrogen) atoms. The summed E-state index contributed by atoms with van der Waals surface area (Å²) in [7, 11) is 0. The van der Waals surface area contributed by atoms with E-state index in [1.54, 1.807) is 11.3 Å². The number of carbonyl (C=O) groups excluding carboxylic acids is 1. The first-order valence-electron chi connectivity index (χ1n) is 5.40. The number of likely N-dealkylation sites (tertiary alicyclic amines) is 1. The molecule has 1 unspecified atom stereocenters. The number of Topliss-reactive ketones (excluding diaryl/α,β-unsaturated/α-hetero) is 1. The fourth-order valence-corrected chi connectivity index (χ4v) is 2.61. The van der Waals surface area contributed by atoms with Crippen molar-refractivity contribution in [1.29, 1.82) is 0 Å². The minimum atomic E-state index is 0.409. The number of carbonyl (C=O) groups is 1. The molecule has 0 radical (unpaired) electrons. The Morgan fingerprint density at radius 3 is 3.20 bits per heavy atom. The Morgan fingerprint density at radius 1 is 1.67 bits per heavy atom. The molecule has 0 aromatic carbocycles. The lowest BCUT2D eigenvalue weighted by Crippen LogP contribution is -2.41. The van der Waals surface area contributed by atoms with Crippen molar-refractivity contribution >= 4 is 17.1 Å². The molecule has 4 heteroatoms. The summed E-state index contributed by atoms with van der Waals surface area (Å²) >= 11 is 1.71. The van der Waals surface area contributed by atoms with E-state index in [1.165, 1.54) is 5.01 Å². The third-order valence-corrected chi connectivity index (χ3v) is 3.76. The van der Waals surface area contributed by atoms with Gasteiger partial charge in [-0.1, -0.05) is 0 Å². The lowest BCUT2D eigenvalue weighted by molar-refractivity contribution is -0.122. The molecule has 0 N–H and O–H groups in total. The Balaban J connectivity index is 1.82.